The molecule has 8 nitrogen and oxygen atoms in total. The molecule has 2 rings (SSSR count). The van der Waals surface area contributed by atoms with Gasteiger partial charge in [0.05, 0.1) is 30.6 Å². The first-order chi connectivity index (χ1) is 11.7. The number of rotatable bonds is 6. The molecule has 0 unspecified atom stereocenters. The number of hydrogen-bond acceptors (Lipinski definition) is 6. The van der Waals surface area contributed by atoms with Crippen LogP contribution in [-0.4, -0.2) is 67.2 Å². The van der Waals surface area contributed by atoms with Gasteiger partial charge in [-0.1, -0.05) is 0 Å². The predicted octanol–water partition coefficient (Wildman–Crippen LogP) is 0.983. The molecule has 0 amide bonds. The molecule has 1 aliphatic heterocycles. The van der Waals surface area contributed by atoms with Crippen LogP contribution in [0.4, 0.5) is 0 Å². The van der Waals surface area contributed by atoms with Gasteiger partial charge in [0, 0.05) is 20.6 Å². The fourth-order valence-corrected chi connectivity index (χ4v) is 4.46. The maximum Gasteiger partial charge on any atom is 0.310 e. The van der Waals surface area contributed by atoms with Gasteiger partial charge in [-0.3, -0.25) is 14.4 Å². The summed E-state index contributed by atoms with van der Waals surface area (Å²) in [5.74, 6) is -0.285. The molecule has 2 heterocycles. The molecule has 142 valence electrons. The molecule has 1 aliphatic rings. The van der Waals surface area contributed by atoms with Crippen LogP contribution < -0.4 is 0 Å². The van der Waals surface area contributed by atoms with E-state index in [1.807, 2.05) is 0 Å². The van der Waals surface area contributed by atoms with Crippen molar-refractivity contribution >= 4 is 16.0 Å². The molecular formula is C16H28N4O4S. The Kier molecular flexibility index (Phi) is 6.23. The smallest absolute Gasteiger partial charge is 0.310 e. The topological polar surface area (TPSA) is 84.7 Å². The third kappa shape index (κ3) is 4.21. The number of hydrogen-bond donors (Lipinski definition) is 0. The van der Waals surface area contributed by atoms with Crippen molar-refractivity contribution in [3.05, 3.63) is 11.4 Å². The first-order valence-electron chi connectivity index (χ1n) is 8.54. The van der Waals surface area contributed by atoms with Crippen LogP contribution in [0.25, 0.3) is 0 Å². The summed E-state index contributed by atoms with van der Waals surface area (Å²) in [6, 6.07) is 0. The maximum atomic E-state index is 12.5. The van der Waals surface area contributed by atoms with Gasteiger partial charge in [0.15, 0.2) is 0 Å². The highest BCUT2D eigenvalue weighted by Gasteiger charge is 2.30. The summed E-state index contributed by atoms with van der Waals surface area (Å²) < 4.78 is 33.0. The van der Waals surface area contributed by atoms with Gasteiger partial charge in [0.2, 0.25) is 10.0 Å². The van der Waals surface area contributed by atoms with Crippen LogP contribution in [0.15, 0.2) is 4.90 Å². The monoisotopic (exact) mass is 372 g/mol. The SMILES string of the molecule is CCOC(=O)[C@H]1CCCN(Cn2nc(C)c(S(=O)(=O)N(C)C)c2C)C1. The minimum atomic E-state index is -3.53. The van der Waals surface area contributed by atoms with Crippen molar-refractivity contribution in [3.8, 4) is 0 Å². The Labute approximate surface area is 149 Å². The number of nitrogens with zero attached hydrogens (tertiary/aromatic N) is 4. The lowest BCUT2D eigenvalue weighted by molar-refractivity contribution is -0.150. The molecule has 0 aliphatic carbocycles. The Balaban J connectivity index is 2.17. The summed E-state index contributed by atoms with van der Waals surface area (Å²) in [5.41, 5.74) is 1.11. The molecular weight excluding hydrogens is 344 g/mol. The second-order valence-corrected chi connectivity index (χ2v) is 8.69. The van der Waals surface area contributed by atoms with Crippen molar-refractivity contribution in [1.29, 1.82) is 0 Å². The second kappa shape index (κ2) is 7.84. The lowest BCUT2D eigenvalue weighted by Crippen LogP contribution is -2.40. The van der Waals surface area contributed by atoms with Crippen LogP contribution in [-0.2, 0) is 26.2 Å². The number of esters is 1. The van der Waals surface area contributed by atoms with E-state index in [0.29, 0.717) is 31.2 Å². The molecule has 1 atom stereocenters. The number of carbonyl (C=O) groups excluding carboxylic acids is 1. The fourth-order valence-electron chi connectivity index (χ4n) is 3.20. The van der Waals surface area contributed by atoms with E-state index >= 15 is 0 Å². The number of carbonyl (C=O) groups is 1. The average molecular weight is 372 g/mol. The van der Waals surface area contributed by atoms with Gasteiger partial charge in [-0.15, -0.1) is 0 Å². The number of aromatic nitrogens is 2. The van der Waals surface area contributed by atoms with Crippen LogP contribution in [0.5, 0.6) is 0 Å². The Bertz CT molecular complexity index is 727. The lowest BCUT2D eigenvalue weighted by atomic mass is 9.99. The van der Waals surface area contributed by atoms with Gasteiger partial charge in [-0.2, -0.15) is 5.10 Å². The van der Waals surface area contributed by atoms with Crippen molar-refractivity contribution in [3.63, 3.8) is 0 Å². The standard InChI is InChI=1S/C16H28N4O4S/c1-6-24-16(21)14-8-7-9-19(10-14)11-20-13(3)15(12(2)17-20)25(22,23)18(4)5/h14H,6-11H2,1-5H3/t14-/m0/s1. The zero-order valence-electron chi connectivity index (χ0n) is 15.7. The summed E-state index contributed by atoms with van der Waals surface area (Å²) in [5, 5.41) is 4.41. The number of aryl methyl sites for hydroxylation is 1. The molecule has 0 spiro atoms. The molecule has 1 fully saturated rings. The third-order valence-corrected chi connectivity index (χ3v) is 6.58. The minimum Gasteiger partial charge on any atom is -0.466 e. The highest BCUT2D eigenvalue weighted by Crippen LogP contribution is 2.24. The summed E-state index contributed by atoms with van der Waals surface area (Å²) >= 11 is 0. The average Bonchev–Trinajstić information content (AvgIpc) is 2.82. The number of likely N-dealkylation sites (tertiary alicyclic amines) is 1. The Morgan fingerprint density at radius 3 is 2.64 bits per heavy atom. The number of piperidine rings is 1. The highest BCUT2D eigenvalue weighted by atomic mass is 32.2. The van der Waals surface area contributed by atoms with Gasteiger partial charge in [0.25, 0.3) is 0 Å². The summed E-state index contributed by atoms with van der Waals surface area (Å²) in [6.07, 6.45) is 1.73. The maximum absolute atomic E-state index is 12.5. The van der Waals surface area contributed by atoms with Crippen molar-refractivity contribution in [2.45, 2.75) is 45.2 Å². The van der Waals surface area contributed by atoms with E-state index in [9.17, 15) is 13.2 Å². The number of sulfonamides is 1. The first-order valence-corrected chi connectivity index (χ1v) is 9.98. The molecule has 1 saturated heterocycles. The van der Waals surface area contributed by atoms with Crippen molar-refractivity contribution in [2.24, 2.45) is 5.92 Å². The van der Waals surface area contributed by atoms with E-state index in [1.54, 1.807) is 25.5 Å². The van der Waals surface area contributed by atoms with E-state index in [4.69, 9.17) is 4.74 Å². The van der Waals surface area contributed by atoms with Crippen LogP contribution in [0.1, 0.15) is 31.2 Å². The molecule has 1 aromatic rings. The molecule has 9 heteroatoms. The third-order valence-electron chi connectivity index (χ3n) is 4.51. The van der Waals surface area contributed by atoms with E-state index in [-0.39, 0.29) is 16.8 Å². The Morgan fingerprint density at radius 2 is 2.04 bits per heavy atom. The molecule has 0 N–H and O–H groups in total. The Hall–Kier alpha value is -1.45. The molecule has 0 bridgehead atoms. The molecule has 1 aromatic heterocycles. The van der Waals surface area contributed by atoms with Crippen molar-refractivity contribution in [1.82, 2.24) is 19.0 Å². The van der Waals surface area contributed by atoms with Crippen molar-refractivity contribution in [2.75, 3.05) is 33.8 Å². The summed E-state index contributed by atoms with van der Waals surface area (Å²) in [7, 11) is -0.504. The van der Waals surface area contributed by atoms with Gasteiger partial charge >= 0.3 is 5.97 Å². The summed E-state index contributed by atoms with van der Waals surface area (Å²) in [6.45, 7) is 7.59. The normalized spacial score (nSPS) is 19.4. The van der Waals surface area contributed by atoms with Gasteiger partial charge in [0.1, 0.15) is 4.90 Å². The molecule has 0 radical (unpaired) electrons. The van der Waals surface area contributed by atoms with Crippen molar-refractivity contribution < 1.29 is 17.9 Å². The van der Waals surface area contributed by atoms with Gasteiger partial charge < -0.3 is 4.74 Å². The highest BCUT2D eigenvalue weighted by molar-refractivity contribution is 7.89. The van der Waals surface area contributed by atoms with E-state index in [1.165, 1.54) is 18.4 Å². The fraction of sp³-hybridized carbons (Fsp3) is 0.750. The summed E-state index contributed by atoms with van der Waals surface area (Å²) in [4.78, 5) is 14.4. The van der Waals surface area contributed by atoms with Gasteiger partial charge in [-0.05, 0) is 40.2 Å². The van der Waals surface area contributed by atoms with Gasteiger partial charge in [-0.25, -0.2) is 12.7 Å². The Morgan fingerprint density at radius 1 is 1.36 bits per heavy atom. The van der Waals surface area contributed by atoms with E-state index in [2.05, 4.69) is 10.00 Å². The zero-order valence-corrected chi connectivity index (χ0v) is 16.5. The molecule has 0 saturated carbocycles. The van der Waals surface area contributed by atoms with Crippen LogP contribution >= 0.6 is 0 Å². The quantitative estimate of drug-likeness (QED) is 0.692. The molecule has 25 heavy (non-hydrogen) atoms. The van der Waals surface area contributed by atoms with E-state index in [0.717, 1.165) is 19.4 Å². The van der Waals surface area contributed by atoms with Crippen LogP contribution in [0, 0.1) is 19.8 Å². The van der Waals surface area contributed by atoms with Crippen LogP contribution in [0.2, 0.25) is 0 Å². The lowest BCUT2D eigenvalue weighted by Gasteiger charge is -2.31. The molecule has 0 aromatic carbocycles. The largest absolute Gasteiger partial charge is 0.466 e. The zero-order chi connectivity index (χ0) is 18.8. The first kappa shape index (κ1) is 19.9. The van der Waals surface area contributed by atoms with E-state index < -0.39 is 10.0 Å². The van der Waals surface area contributed by atoms with Crippen LogP contribution in [0.3, 0.4) is 0 Å². The second-order valence-electron chi connectivity index (χ2n) is 6.60. The number of ether oxygens (including phenoxy) is 1. The predicted molar refractivity (Wildman–Crippen MR) is 93.5 cm³/mol. The minimum absolute atomic E-state index is 0.129.